The van der Waals surface area contributed by atoms with Gasteiger partial charge in [0.1, 0.15) is 0 Å². The van der Waals surface area contributed by atoms with Crippen LogP contribution in [-0.4, -0.2) is 64.1 Å². The van der Waals surface area contributed by atoms with Crippen molar-refractivity contribution in [1.82, 2.24) is 10.2 Å². The SMILES string of the molecule is CC1(C)CN(C(=O)NCC[C@H](O)C(=O)O)CC(C)(C)O1. The van der Waals surface area contributed by atoms with Crippen LogP contribution in [0.2, 0.25) is 0 Å². The van der Waals surface area contributed by atoms with E-state index in [4.69, 9.17) is 14.9 Å². The van der Waals surface area contributed by atoms with E-state index < -0.39 is 23.3 Å². The molecule has 20 heavy (non-hydrogen) atoms. The first-order chi connectivity index (χ1) is 9.02. The third-order valence-corrected chi connectivity index (χ3v) is 2.96. The molecule has 1 heterocycles. The number of morpholine rings is 1. The largest absolute Gasteiger partial charge is 0.479 e. The summed E-state index contributed by atoms with van der Waals surface area (Å²) in [4.78, 5) is 24.2. The van der Waals surface area contributed by atoms with Crippen LogP contribution in [0.15, 0.2) is 0 Å². The first kappa shape index (κ1) is 16.7. The van der Waals surface area contributed by atoms with E-state index in [2.05, 4.69) is 5.32 Å². The molecule has 1 aliphatic rings. The summed E-state index contributed by atoms with van der Waals surface area (Å²) in [7, 11) is 0. The minimum absolute atomic E-state index is 0.0157. The fraction of sp³-hybridized carbons (Fsp3) is 0.846. The molecule has 0 unspecified atom stereocenters. The second-order valence-corrected chi connectivity index (χ2v) is 6.35. The van der Waals surface area contributed by atoms with E-state index in [-0.39, 0.29) is 19.0 Å². The number of hydrogen-bond donors (Lipinski definition) is 3. The zero-order valence-corrected chi connectivity index (χ0v) is 12.5. The smallest absolute Gasteiger partial charge is 0.332 e. The van der Waals surface area contributed by atoms with Crippen LogP contribution in [0.1, 0.15) is 34.1 Å². The zero-order valence-electron chi connectivity index (χ0n) is 12.5. The number of ether oxygens (including phenoxy) is 1. The minimum Gasteiger partial charge on any atom is -0.479 e. The van der Waals surface area contributed by atoms with Crippen molar-refractivity contribution in [2.45, 2.75) is 51.4 Å². The number of hydrogen-bond acceptors (Lipinski definition) is 4. The number of rotatable bonds is 4. The van der Waals surface area contributed by atoms with Gasteiger partial charge in [0.25, 0.3) is 0 Å². The summed E-state index contributed by atoms with van der Waals surface area (Å²) in [6, 6.07) is -0.271. The first-order valence-electron chi connectivity index (χ1n) is 6.66. The van der Waals surface area contributed by atoms with Crippen molar-refractivity contribution in [3.63, 3.8) is 0 Å². The van der Waals surface area contributed by atoms with Crippen LogP contribution >= 0.6 is 0 Å². The van der Waals surface area contributed by atoms with Crippen molar-refractivity contribution in [2.75, 3.05) is 19.6 Å². The van der Waals surface area contributed by atoms with Crippen LogP contribution in [-0.2, 0) is 9.53 Å². The van der Waals surface area contributed by atoms with Gasteiger partial charge in [-0.25, -0.2) is 9.59 Å². The van der Waals surface area contributed by atoms with E-state index in [1.807, 2.05) is 27.7 Å². The summed E-state index contributed by atoms with van der Waals surface area (Å²) in [5.74, 6) is -1.28. The van der Waals surface area contributed by atoms with Gasteiger partial charge in [0, 0.05) is 13.0 Å². The molecule has 0 aliphatic carbocycles. The Morgan fingerprint density at radius 1 is 1.25 bits per heavy atom. The Balaban J connectivity index is 2.49. The molecule has 7 heteroatoms. The third-order valence-electron chi connectivity index (χ3n) is 2.96. The Labute approximate surface area is 118 Å². The van der Waals surface area contributed by atoms with Crippen molar-refractivity contribution in [3.05, 3.63) is 0 Å². The fourth-order valence-corrected chi connectivity index (χ4v) is 2.48. The number of urea groups is 1. The van der Waals surface area contributed by atoms with E-state index in [0.29, 0.717) is 13.1 Å². The number of carbonyl (C=O) groups excluding carboxylic acids is 1. The van der Waals surface area contributed by atoms with Crippen LogP contribution in [0.5, 0.6) is 0 Å². The Morgan fingerprint density at radius 3 is 2.20 bits per heavy atom. The number of carboxylic acids is 1. The number of aliphatic hydroxyl groups excluding tert-OH is 1. The lowest BCUT2D eigenvalue weighted by atomic mass is 9.99. The summed E-state index contributed by atoms with van der Waals surface area (Å²) in [5, 5.41) is 20.3. The molecule has 7 nitrogen and oxygen atoms in total. The molecule has 3 N–H and O–H groups in total. The van der Waals surface area contributed by atoms with E-state index in [1.54, 1.807) is 4.90 Å². The minimum atomic E-state index is -1.45. The maximum atomic E-state index is 12.1. The molecule has 0 aromatic rings. The number of amides is 2. The van der Waals surface area contributed by atoms with Crippen molar-refractivity contribution >= 4 is 12.0 Å². The number of aliphatic carboxylic acids is 1. The van der Waals surface area contributed by atoms with E-state index in [0.717, 1.165) is 0 Å². The number of nitrogens with one attached hydrogen (secondary N) is 1. The average molecular weight is 288 g/mol. The normalized spacial score (nSPS) is 22.1. The van der Waals surface area contributed by atoms with Gasteiger partial charge in [-0.15, -0.1) is 0 Å². The van der Waals surface area contributed by atoms with Gasteiger partial charge in [0.15, 0.2) is 6.10 Å². The molecule has 0 spiro atoms. The van der Waals surface area contributed by atoms with Crippen molar-refractivity contribution in [1.29, 1.82) is 0 Å². The lowest BCUT2D eigenvalue weighted by Crippen LogP contribution is -2.60. The summed E-state index contributed by atoms with van der Waals surface area (Å²) in [6.07, 6.45) is -1.47. The topological polar surface area (TPSA) is 99.1 Å². The second-order valence-electron chi connectivity index (χ2n) is 6.35. The molecular formula is C13H24N2O5. The molecule has 1 atom stereocenters. The van der Waals surface area contributed by atoms with E-state index >= 15 is 0 Å². The molecule has 0 saturated carbocycles. The van der Waals surface area contributed by atoms with Gasteiger partial charge in [-0.1, -0.05) is 0 Å². The Bertz CT molecular complexity index is 365. The molecule has 1 saturated heterocycles. The molecule has 0 aromatic carbocycles. The van der Waals surface area contributed by atoms with Crippen LogP contribution in [0, 0.1) is 0 Å². The van der Waals surface area contributed by atoms with Crippen molar-refractivity contribution < 1.29 is 24.5 Å². The quantitative estimate of drug-likeness (QED) is 0.696. The van der Waals surface area contributed by atoms with Gasteiger partial charge < -0.3 is 25.2 Å². The molecule has 1 aliphatic heterocycles. The molecule has 0 bridgehead atoms. The van der Waals surface area contributed by atoms with Crippen molar-refractivity contribution in [3.8, 4) is 0 Å². The number of nitrogens with zero attached hydrogens (tertiary/aromatic N) is 1. The van der Waals surface area contributed by atoms with Gasteiger partial charge in [0.05, 0.1) is 24.3 Å². The van der Waals surface area contributed by atoms with Crippen molar-refractivity contribution in [2.24, 2.45) is 0 Å². The number of carbonyl (C=O) groups is 2. The third kappa shape index (κ3) is 4.97. The standard InChI is InChI=1S/C13H24N2O5/c1-12(2)7-15(8-13(3,4)20-12)11(19)14-6-5-9(16)10(17)18/h9,16H,5-8H2,1-4H3,(H,14,19)(H,17,18)/t9-/m0/s1. The zero-order chi connectivity index (χ0) is 15.6. The maximum absolute atomic E-state index is 12.1. The molecule has 1 rings (SSSR count). The predicted octanol–water partition coefficient (Wildman–Crippen LogP) is 0.421. The average Bonchev–Trinajstić information content (AvgIpc) is 2.24. The summed E-state index contributed by atoms with van der Waals surface area (Å²) in [6.45, 7) is 8.72. The first-order valence-corrected chi connectivity index (χ1v) is 6.66. The highest BCUT2D eigenvalue weighted by atomic mass is 16.5. The molecule has 0 radical (unpaired) electrons. The van der Waals surface area contributed by atoms with Gasteiger partial charge >= 0.3 is 12.0 Å². The highest BCUT2D eigenvalue weighted by molar-refractivity contribution is 5.75. The van der Waals surface area contributed by atoms with Crippen LogP contribution in [0.3, 0.4) is 0 Å². The van der Waals surface area contributed by atoms with Crippen LogP contribution in [0.25, 0.3) is 0 Å². The monoisotopic (exact) mass is 288 g/mol. The van der Waals surface area contributed by atoms with Gasteiger partial charge in [-0.2, -0.15) is 0 Å². The van der Waals surface area contributed by atoms with Gasteiger partial charge in [0.2, 0.25) is 0 Å². The maximum Gasteiger partial charge on any atom is 0.332 e. The number of aliphatic hydroxyl groups is 1. The molecule has 1 fully saturated rings. The lowest BCUT2D eigenvalue weighted by molar-refractivity contribution is -0.170. The molecule has 2 amide bonds. The highest BCUT2D eigenvalue weighted by Gasteiger charge is 2.39. The van der Waals surface area contributed by atoms with Gasteiger partial charge in [-0.05, 0) is 27.7 Å². The van der Waals surface area contributed by atoms with E-state index in [1.165, 1.54) is 0 Å². The lowest BCUT2D eigenvalue weighted by Gasteiger charge is -2.47. The van der Waals surface area contributed by atoms with Crippen LogP contribution in [0.4, 0.5) is 4.79 Å². The molecular weight excluding hydrogens is 264 g/mol. The predicted molar refractivity (Wildman–Crippen MR) is 72.5 cm³/mol. The molecule has 0 aromatic heterocycles. The van der Waals surface area contributed by atoms with Gasteiger partial charge in [-0.3, -0.25) is 0 Å². The summed E-state index contributed by atoms with van der Waals surface area (Å²) in [5.41, 5.74) is -0.862. The molecule has 116 valence electrons. The summed E-state index contributed by atoms with van der Waals surface area (Å²) >= 11 is 0. The van der Waals surface area contributed by atoms with E-state index in [9.17, 15) is 9.59 Å². The Hall–Kier alpha value is -1.34. The highest BCUT2D eigenvalue weighted by Crippen LogP contribution is 2.27. The fourth-order valence-electron chi connectivity index (χ4n) is 2.48. The Morgan fingerprint density at radius 2 is 1.75 bits per heavy atom. The second kappa shape index (κ2) is 5.97. The summed E-state index contributed by atoms with van der Waals surface area (Å²) < 4.78 is 5.88. The Kier molecular flexibility index (Phi) is 4.99. The number of carboxylic acid groups (broad SMARTS) is 1. The van der Waals surface area contributed by atoms with Crippen LogP contribution < -0.4 is 5.32 Å².